The molecule has 0 spiro atoms. The Morgan fingerprint density at radius 1 is 1.33 bits per heavy atom. The van der Waals surface area contributed by atoms with Gasteiger partial charge in [-0.1, -0.05) is 6.07 Å². The molecule has 2 N–H and O–H groups in total. The lowest BCUT2D eigenvalue weighted by Gasteiger charge is -1.99. The Labute approximate surface area is 104 Å². The van der Waals surface area contributed by atoms with Crippen molar-refractivity contribution in [3.8, 4) is 0 Å². The summed E-state index contributed by atoms with van der Waals surface area (Å²) in [5, 5.41) is 14.4. The summed E-state index contributed by atoms with van der Waals surface area (Å²) < 4.78 is 1.78. The van der Waals surface area contributed by atoms with E-state index in [0.29, 0.717) is 12.5 Å². The topological polar surface area (TPSA) is 70.9 Å². The third-order valence-corrected chi connectivity index (χ3v) is 2.85. The van der Waals surface area contributed by atoms with Crippen LogP contribution in [0.15, 0.2) is 24.5 Å². The van der Waals surface area contributed by atoms with Gasteiger partial charge in [0, 0.05) is 24.0 Å². The Kier molecular flexibility index (Phi) is 2.47. The maximum absolute atomic E-state index is 4.39. The Morgan fingerprint density at radius 3 is 3.00 bits per heavy atom. The Hall–Kier alpha value is -2.37. The summed E-state index contributed by atoms with van der Waals surface area (Å²) >= 11 is 0. The standard InChI is InChI=1S/C12H14N6/c1-8-3-4-11-15-12(17-18(11)7-8)13-5-10-6-14-16-9(10)2/h3-4,6-7H,5H2,1-2H3,(H,13,17)(H,14,16). The lowest BCUT2D eigenvalue weighted by Crippen LogP contribution is -2.01. The second-order valence-electron chi connectivity index (χ2n) is 4.32. The first kappa shape index (κ1) is 10.8. The van der Waals surface area contributed by atoms with Gasteiger partial charge in [-0.15, -0.1) is 5.10 Å². The fraction of sp³-hybridized carbons (Fsp3) is 0.250. The quantitative estimate of drug-likeness (QED) is 0.733. The average molecular weight is 242 g/mol. The van der Waals surface area contributed by atoms with E-state index in [2.05, 4.69) is 25.6 Å². The van der Waals surface area contributed by atoms with Gasteiger partial charge in [0.05, 0.1) is 6.20 Å². The Morgan fingerprint density at radius 2 is 2.22 bits per heavy atom. The number of nitrogens with zero attached hydrogens (tertiary/aromatic N) is 4. The molecule has 3 rings (SSSR count). The second-order valence-corrected chi connectivity index (χ2v) is 4.32. The van der Waals surface area contributed by atoms with Crippen LogP contribution < -0.4 is 5.32 Å². The van der Waals surface area contributed by atoms with E-state index >= 15 is 0 Å². The van der Waals surface area contributed by atoms with Gasteiger partial charge in [0.15, 0.2) is 5.65 Å². The summed E-state index contributed by atoms with van der Waals surface area (Å²) in [6, 6.07) is 3.98. The van der Waals surface area contributed by atoms with E-state index in [-0.39, 0.29) is 0 Å². The highest BCUT2D eigenvalue weighted by Crippen LogP contribution is 2.09. The first-order valence-electron chi connectivity index (χ1n) is 5.78. The summed E-state index contributed by atoms with van der Waals surface area (Å²) in [7, 11) is 0. The largest absolute Gasteiger partial charge is 0.349 e. The molecule has 0 aliphatic carbocycles. The number of anilines is 1. The van der Waals surface area contributed by atoms with Gasteiger partial charge < -0.3 is 5.32 Å². The van der Waals surface area contributed by atoms with Gasteiger partial charge in [-0.2, -0.15) is 10.1 Å². The molecule has 18 heavy (non-hydrogen) atoms. The van der Waals surface area contributed by atoms with Crippen LogP contribution in [0.1, 0.15) is 16.8 Å². The SMILES string of the molecule is Cc1ccc2nc(NCc3cn[nH]c3C)nn2c1. The molecule has 0 atom stereocenters. The van der Waals surface area contributed by atoms with Crippen molar-refractivity contribution in [3.05, 3.63) is 41.3 Å². The van der Waals surface area contributed by atoms with Crippen molar-refractivity contribution < 1.29 is 0 Å². The Bertz CT molecular complexity index is 681. The number of hydrogen-bond donors (Lipinski definition) is 2. The molecule has 0 saturated heterocycles. The number of aryl methyl sites for hydroxylation is 2. The van der Waals surface area contributed by atoms with Crippen LogP contribution in [0.3, 0.4) is 0 Å². The molecule has 3 aromatic rings. The molecule has 0 fully saturated rings. The highest BCUT2D eigenvalue weighted by atomic mass is 15.3. The maximum atomic E-state index is 4.39. The van der Waals surface area contributed by atoms with Crippen LogP contribution in [0.2, 0.25) is 0 Å². The van der Waals surface area contributed by atoms with Crippen molar-refractivity contribution in [2.45, 2.75) is 20.4 Å². The highest BCUT2D eigenvalue weighted by Gasteiger charge is 2.04. The van der Waals surface area contributed by atoms with E-state index in [4.69, 9.17) is 0 Å². The van der Waals surface area contributed by atoms with Gasteiger partial charge in [0.25, 0.3) is 0 Å². The number of hydrogen-bond acceptors (Lipinski definition) is 4. The molecule has 6 heteroatoms. The predicted octanol–water partition coefficient (Wildman–Crippen LogP) is 1.68. The van der Waals surface area contributed by atoms with Crippen LogP contribution in [0.5, 0.6) is 0 Å². The van der Waals surface area contributed by atoms with Crippen molar-refractivity contribution >= 4 is 11.6 Å². The maximum Gasteiger partial charge on any atom is 0.243 e. The first-order chi connectivity index (χ1) is 8.72. The number of aromatic nitrogens is 5. The van der Waals surface area contributed by atoms with Crippen molar-refractivity contribution in [2.75, 3.05) is 5.32 Å². The van der Waals surface area contributed by atoms with Gasteiger partial charge in [0.1, 0.15) is 0 Å². The van der Waals surface area contributed by atoms with Crippen LogP contribution in [-0.4, -0.2) is 24.8 Å². The molecule has 92 valence electrons. The molecule has 0 amide bonds. The monoisotopic (exact) mass is 242 g/mol. The van der Waals surface area contributed by atoms with E-state index in [0.717, 1.165) is 22.5 Å². The zero-order chi connectivity index (χ0) is 12.5. The lowest BCUT2D eigenvalue weighted by atomic mass is 10.3. The minimum absolute atomic E-state index is 0.626. The molecule has 0 aliphatic heterocycles. The summed E-state index contributed by atoms with van der Waals surface area (Å²) in [6.45, 7) is 4.69. The predicted molar refractivity (Wildman–Crippen MR) is 68.4 cm³/mol. The highest BCUT2D eigenvalue weighted by molar-refractivity contribution is 5.44. The fourth-order valence-corrected chi connectivity index (χ4v) is 1.79. The van der Waals surface area contributed by atoms with Crippen LogP contribution in [0.25, 0.3) is 5.65 Å². The van der Waals surface area contributed by atoms with Crippen molar-refractivity contribution in [3.63, 3.8) is 0 Å². The number of fused-ring (bicyclic) bond motifs is 1. The van der Waals surface area contributed by atoms with E-state index < -0.39 is 0 Å². The first-order valence-corrected chi connectivity index (χ1v) is 5.78. The summed E-state index contributed by atoms with van der Waals surface area (Å²) in [5.74, 6) is 0.626. The van der Waals surface area contributed by atoms with Gasteiger partial charge >= 0.3 is 0 Å². The number of nitrogens with one attached hydrogen (secondary N) is 2. The van der Waals surface area contributed by atoms with Crippen molar-refractivity contribution in [1.29, 1.82) is 0 Å². The molecule has 0 radical (unpaired) electrons. The normalized spacial score (nSPS) is 11.0. The smallest absolute Gasteiger partial charge is 0.243 e. The molecule has 6 nitrogen and oxygen atoms in total. The van der Waals surface area contributed by atoms with Gasteiger partial charge in [-0.3, -0.25) is 5.10 Å². The molecule has 0 aromatic carbocycles. The lowest BCUT2D eigenvalue weighted by molar-refractivity contribution is 0.941. The third kappa shape index (κ3) is 1.92. The van der Waals surface area contributed by atoms with Crippen LogP contribution in [0, 0.1) is 13.8 Å². The zero-order valence-corrected chi connectivity index (χ0v) is 10.3. The van der Waals surface area contributed by atoms with Crippen molar-refractivity contribution in [2.24, 2.45) is 0 Å². The van der Waals surface area contributed by atoms with E-state index in [1.807, 2.05) is 38.4 Å². The van der Waals surface area contributed by atoms with E-state index in [1.165, 1.54) is 0 Å². The molecule has 0 saturated carbocycles. The molecular weight excluding hydrogens is 228 g/mol. The molecule has 0 bridgehead atoms. The third-order valence-electron chi connectivity index (χ3n) is 2.85. The number of rotatable bonds is 3. The Balaban J connectivity index is 1.81. The van der Waals surface area contributed by atoms with Crippen molar-refractivity contribution in [1.82, 2.24) is 24.8 Å². The zero-order valence-electron chi connectivity index (χ0n) is 10.3. The van der Waals surface area contributed by atoms with Gasteiger partial charge in [-0.05, 0) is 25.5 Å². The summed E-state index contributed by atoms with van der Waals surface area (Å²) in [5.41, 5.74) is 4.17. The molecular formula is C12H14N6. The summed E-state index contributed by atoms with van der Waals surface area (Å²) in [4.78, 5) is 4.39. The number of aromatic amines is 1. The van der Waals surface area contributed by atoms with Crippen LogP contribution in [0.4, 0.5) is 5.95 Å². The fourth-order valence-electron chi connectivity index (χ4n) is 1.79. The van der Waals surface area contributed by atoms with E-state index in [1.54, 1.807) is 4.52 Å². The molecule has 3 aromatic heterocycles. The minimum Gasteiger partial charge on any atom is -0.349 e. The molecule has 0 aliphatic rings. The second kappa shape index (κ2) is 4.14. The molecule has 0 unspecified atom stereocenters. The van der Waals surface area contributed by atoms with Crippen LogP contribution >= 0.6 is 0 Å². The number of pyridine rings is 1. The van der Waals surface area contributed by atoms with Gasteiger partial charge in [-0.25, -0.2) is 4.52 Å². The van der Waals surface area contributed by atoms with E-state index in [9.17, 15) is 0 Å². The average Bonchev–Trinajstić information content (AvgIpc) is 2.92. The summed E-state index contributed by atoms with van der Waals surface area (Å²) in [6.07, 6.45) is 3.76. The minimum atomic E-state index is 0.626. The number of H-pyrrole nitrogens is 1. The van der Waals surface area contributed by atoms with Gasteiger partial charge in [0.2, 0.25) is 5.95 Å². The molecule has 3 heterocycles. The van der Waals surface area contributed by atoms with Crippen LogP contribution in [-0.2, 0) is 6.54 Å².